The van der Waals surface area contributed by atoms with Gasteiger partial charge in [0.25, 0.3) is 0 Å². The molecule has 0 bridgehead atoms. The lowest BCUT2D eigenvalue weighted by Gasteiger charge is -2.44. The molecule has 244 valence electrons. The van der Waals surface area contributed by atoms with E-state index in [2.05, 4.69) is 0 Å². The van der Waals surface area contributed by atoms with Crippen molar-refractivity contribution < 1.29 is 27.8 Å². The fraction of sp³-hybridized carbons (Fsp3) is 0.200. The van der Waals surface area contributed by atoms with E-state index in [1.54, 1.807) is 102 Å². The summed E-state index contributed by atoms with van der Waals surface area (Å²) in [6.07, 6.45) is 1.39. The first kappa shape index (κ1) is 33.6. The van der Waals surface area contributed by atoms with Crippen LogP contribution in [0.3, 0.4) is 0 Å². The molecule has 0 radical (unpaired) electrons. The lowest BCUT2D eigenvalue weighted by molar-refractivity contribution is 0.0391. The molecule has 13 nitrogen and oxygen atoms in total. The van der Waals surface area contributed by atoms with E-state index in [0.29, 0.717) is 71.8 Å². The Bertz CT molecular complexity index is 1590. The second kappa shape index (κ2) is 15.7. The van der Waals surface area contributed by atoms with E-state index in [1.165, 1.54) is 4.60 Å². The number of hydrogen-bond donors (Lipinski definition) is 4. The molecule has 1 aliphatic heterocycles. The van der Waals surface area contributed by atoms with Crippen molar-refractivity contribution in [2.24, 2.45) is 4.52 Å². The Kier molecular flexibility index (Phi) is 11.4. The van der Waals surface area contributed by atoms with Gasteiger partial charge in [-0.3, -0.25) is 0 Å². The summed E-state index contributed by atoms with van der Waals surface area (Å²) < 4.78 is 34.6. The topological polar surface area (TPSA) is 178 Å². The second-order valence-corrected chi connectivity index (χ2v) is 15.6. The Morgan fingerprint density at radius 2 is 0.957 bits per heavy atom. The lowest BCUT2D eigenvalue weighted by atomic mass is 10.3. The summed E-state index contributed by atoms with van der Waals surface area (Å²) in [5.74, 6) is 1.92. The first-order chi connectivity index (χ1) is 22.3. The summed E-state index contributed by atoms with van der Waals surface area (Å²) in [4.78, 5) is 13.1. The summed E-state index contributed by atoms with van der Waals surface area (Å²) in [5, 5.41) is 0. The van der Waals surface area contributed by atoms with Gasteiger partial charge in [0.1, 0.15) is 23.0 Å². The molecule has 8 N–H and O–H groups in total. The van der Waals surface area contributed by atoms with E-state index in [1.807, 2.05) is 13.8 Å². The average Bonchev–Trinajstić information content (AvgIpc) is 3.06. The van der Waals surface area contributed by atoms with Crippen molar-refractivity contribution in [3.05, 3.63) is 97.1 Å². The number of anilines is 4. The number of rotatable bonds is 14. The quantitative estimate of drug-likeness (QED) is 0.0738. The molecule has 46 heavy (non-hydrogen) atoms. The molecule has 4 aromatic carbocycles. The smallest absolute Gasteiger partial charge is 0.346 e. The fourth-order valence-corrected chi connectivity index (χ4v) is 11.6. The van der Waals surface area contributed by atoms with Crippen LogP contribution in [0.5, 0.6) is 23.0 Å². The Morgan fingerprint density at radius 1 is 0.565 bits per heavy atom. The highest BCUT2D eigenvalue weighted by molar-refractivity contribution is 7.78. The molecule has 1 aliphatic rings. The third kappa shape index (κ3) is 8.51. The Hall–Kier alpha value is -3.79. The van der Waals surface area contributed by atoms with E-state index in [4.69, 9.17) is 55.2 Å². The van der Waals surface area contributed by atoms with Crippen molar-refractivity contribution >= 4 is 47.3 Å². The fourth-order valence-electron chi connectivity index (χ4n) is 3.77. The minimum atomic E-state index is -3.44. The van der Waals surface area contributed by atoms with Crippen LogP contribution in [0, 0.1) is 0 Å². The summed E-state index contributed by atoms with van der Waals surface area (Å²) in [6.45, 7) is 4.67. The molecule has 2 atom stereocenters. The molecule has 1 heterocycles. The van der Waals surface area contributed by atoms with Gasteiger partial charge in [-0.05, 0) is 110 Å². The molecule has 2 unspecified atom stereocenters. The van der Waals surface area contributed by atoms with Crippen LogP contribution in [-0.2, 0) is 9.05 Å². The van der Waals surface area contributed by atoms with Crippen molar-refractivity contribution in [1.82, 2.24) is 9.21 Å². The predicted octanol–water partition coefficient (Wildman–Crippen LogP) is 8.33. The van der Waals surface area contributed by atoms with E-state index in [0.717, 1.165) is 0 Å². The molecule has 0 fully saturated rings. The van der Waals surface area contributed by atoms with Gasteiger partial charge in [0.2, 0.25) is 0 Å². The molecule has 4 aromatic rings. The summed E-state index contributed by atoms with van der Waals surface area (Å²) in [5.41, 5.74) is 26.3. The van der Waals surface area contributed by atoms with Crippen LogP contribution in [-0.4, -0.2) is 22.4 Å². The normalized spacial score (nSPS) is 18.0. The highest BCUT2D eigenvalue weighted by Crippen LogP contribution is 2.78. The largest absolute Gasteiger partial charge is 0.440 e. The van der Waals surface area contributed by atoms with E-state index in [-0.39, 0.29) is 0 Å². The highest BCUT2D eigenvalue weighted by Gasteiger charge is 2.56. The molecule has 0 aromatic heterocycles. The maximum absolute atomic E-state index is 6.72. The standard InChI is InChI=1S/C30H38N7O6P3/c1-3-21-38-46(39-22-4-2)35-44(42-29-17-9-25(33)10-18-29)36(40-27-13-5-23(31)6-14-27)45(43-30-19-11-26(34)12-20-30)37(46)41-28-15-7-24(32)8-16-28/h5-20H,3-4,21-22,31-34H2,1-2H3. The van der Waals surface area contributed by atoms with Gasteiger partial charge in [-0.2, -0.15) is 4.52 Å². The number of nitrogens with two attached hydrogens (primary N) is 4. The number of nitrogen functional groups attached to an aromatic ring is 4. The van der Waals surface area contributed by atoms with Crippen molar-refractivity contribution in [2.75, 3.05) is 36.1 Å². The van der Waals surface area contributed by atoms with Gasteiger partial charge in [-0.1, -0.05) is 13.8 Å². The van der Waals surface area contributed by atoms with Crippen molar-refractivity contribution in [1.29, 1.82) is 0 Å². The van der Waals surface area contributed by atoms with Gasteiger partial charge in [0.15, 0.2) is 0 Å². The Morgan fingerprint density at radius 3 is 1.39 bits per heavy atom. The van der Waals surface area contributed by atoms with Crippen LogP contribution in [0.15, 0.2) is 102 Å². The monoisotopic (exact) mass is 685 g/mol. The minimum Gasteiger partial charge on any atom is -0.440 e. The number of hydrogen-bond acceptors (Lipinski definition) is 13. The van der Waals surface area contributed by atoms with Crippen LogP contribution in [0.4, 0.5) is 22.7 Å². The maximum atomic E-state index is 6.72. The maximum Gasteiger partial charge on any atom is 0.346 e. The van der Waals surface area contributed by atoms with Gasteiger partial charge in [0.05, 0.1) is 13.2 Å². The minimum absolute atomic E-state index is 0.331. The van der Waals surface area contributed by atoms with Gasteiger partial charge >= 0.3 is 24.6 Å². The molecule has 5 rings (SSSR count). The van der Waals surface area contributed by atoms with Crippen molar-refractivity contribution in [3.63, 3.8) is 0 Å². The number of nitrogens with zero attached hydrogens (tertiary/aromatic N) is 3. The van der Waals surface area contributed by atoms with E-state index in [9.17, 15) is 0 Å². The summed E-state index contributed by atoms with van der Waals surface area (Å²) in [6, 6.07) is 27.9. The van der Waals surface area contributed by atoms with Crippen LogP contribution in [0.1, 0.15) is 26.7 Å². The highest BCUT2D eigenvalue weighted by atomic mass is 31.3. The summed E-state index contributed by atoms with van der Waals surface area (Å²) >= 11 is 0. The van der Waals surface area contributed by atoms with E-state index < -0.39 is 24.6 Å². The number of benzene rings is 4. The van der Waals surface area contributed by atoms with E-state index >= 15 is 0 Å². The predicted molar refractivity (Wildman–Crippen MR) is 185 cm³/mol. The van der Waals surface area contributed by atoms with Crippen molar-refractivity contribution in [3.8, 4) is 23.0 Å². The van der Waals surface area contributed by atoms with Gasteiger partial charge in [-0.15, -0.1) is 0 Å². The lowest BCUT2D eigenvalue weighted by Crippen LogP contribution is -2.36. The molecule has 0 aliphatic carbocycles. The zero-order chi connectivity index (χ0) is 32.5. The van der Waals surface area contributed by atoms with Crippen LogP contribution in [0.2, 0.25) is 0 Å². The van der Waals surface area contributed by atoms with Gasteiger partial charge < -0.3 is 50.7 Å². The molecule has 0 saturated carbocycles. The first-order valence-corrected chi connectivity index (χ1v) is 18.4. The van der Waals surface area contributed by atoms with Crippen LogP contribution >= 0.6 is 24.6 Å². The average molecular weight is 686 g/mol. The third-order valence-electron chi connectivity index (χ3n) is 6.04. The van der Waals surface area contributed by atoms with Gasteiger partial charge in [0, 0.05) is 32.0 Å². The second-order valence-electron chi connectivity index (χ2n) is 9.90. The third-order valence-corrected chi connectivity index (χ3v) is 13.0. The molecule has 0 amide bonds. The molecule has 16 heteroatoms. The molecular weight excluding hydrogens is 647 g/mol. The van der Waals surface area contributed by atoms with Crippen LogP contribution < -0.4 is 41.7 Å². The molecular formula is C30H38N7O6P3. The van der Waals surface area contributed by atoms with Crippen LogP contribution in [0.25, 0.3) is 0 Å². The Labute approximate surface area is 271 Å². The zero-order valence-corrected chi connectivity index (χ0v) is 28.2. The SMILES string of the molecule is CCCOP1(OCCC)=NP(Oc2ccc(N)cc2)N(Oc2ccc(N)cc2)P(Oc2ccc(N)cc2)N1Oc1ccc(N)cc1. The zero-order valence-electron chi connectivity index (χ0n) is 25.5. The van der Waals surface area contributed by atoms with Gasteiger partial charge in [-0.25, -0.2) is 0 Å². The summed E-state index contributed by atoms with van der Waals surface area (Å²) in [7, 11) is -7.57. The van der Waals surface area contributed by atoms with Crippen molar-refractivity contribution in [2.45, 2.75) is 26.7 Å². The molecule has 0 saturated heterocycles. The molecule has 0 spiro atoms. The Balaban J connectivity index is 1.70. The first-order valence-electron chi connectivity index (χ1n) is 14.5.